The Kier molecular flexibility index (Phi) is 7.82. The van der Waals surface area contributed by atoms with Gasteiger partial charge in [-0.2, -0.15) is 0 Å². The first-order valence-corrected chi connectivity index (χ1v) is 11.7. The molecule has 3 N–H and O–H groups in total. The predicted molar refractivity (Wildman–Crippen MR) is 125 cm³/mol. The van der Waals surface area contributed by atoms with Crippen LogP contribution in [0.3, 0.4) is 0 Å². The molecule has 0 spiro atoms. The average molecular weight is 477 g/mol. The fourth-order valence-corrected chi connectivity index (χ4v) is 4.68. The molecule has 4 unspecified atom stereocenters. The van der Waals surface area contributed by atoms with Crippen LogP contribution in [0, 0.1) is 11.8 Å². The Labute approximate surface area is 200 Å². The molecular weight excluding hydrogens is 440 g/mol. The Bertz CT molecular complexity index is 911. The van der Waals surface area contributed by atoms with Gasteiger partial charge in [0.25, 0.3) is 0 Å². The summed E-state index contributed by atoms with van der Waals surface area (Å²) in [4.78, 5) is 45.8. The second kappa shape index (κ2) is 10.3. The minimum atomic E-state index is -1.09. The lowest BCUT2D eigenvalue weighted by molar-refractivity contribution is -0.141. The van der Waals surface area contributed by atoms with Gasteiger partial charge in [-0.05, 0) is 58.1 Å². The summed E-state index contributed by atoms with van der Waals surface area (Å²) >= 11 is 0. The zero-order chi connectivity index (χ0) is 25.2. The molecule has 10 nitrogen and oxygen atoms in total. The summed E-state index contributed by atoms with van der Waals surface area (Å²) in [6, 6.07) is 1.17. The molecule has 188 valence electrons. The number of nitrogens with zero attached hydrogens (tertiary/aromatic N) is 3. The Morgan fingerprint density at radius 1 is 1.29 bits per heavy atom. The third kappa shape index (κ3) is 5.50. The van der Waals surface area contributed by atoms with Gasteiger partial charge in [0.15, 0.2) is 0 Å². The normalized spacial score (nSPS) is 21.4. The molecule has 2 amide bonds. The molecule has 0 bridgehead atoms. The lowest BCUT2D eigenvalue weighted by Gasteiger charge is -2.40. The summed E-state index contributed by atoms with van der Waals surface area (Å²) in [5, 5.41) is 9.87. The van der Waals surface area contributed by atoms with E-state index < -0.39 is 41.7 Å². The highest BCUT2D eigenvalue weighted by molar-refractivity contribution is 6.02. The highest BCUT2D eigenvalue weighted by Crippen LogP contribution is 2.36. The number of carbonyl (C=O) groups excluding carboxylic acids is 2. The Hall–Kier alpha value is -2.72. The van der Waals surface area contributed by atoms with E-state index in [-0.39, 0.29) is 18.2 Å². The number of hydrogen-bond acceptors (Lipinski definition) is 7. The molecule has 0 saturated carbocycles. The van der Waals surface area contributed by atoms with Gasteiger partial charge in [-0.1, -0.05) is 6.07 Å². The molecule has 1 fully saturated rings. The molecule has 34 heavy (non-hydrogen) atoms. The van der Waals surface area contributed by atoms with E-state index in [0.29, 0.717) is 37.4 Å². The molecule has 3 rings (SSSR count). The number of pyridine rings is 1. The predicted octanol–water partition coefficient (Wildman–Crippen LogP) is 2.05. The summed E-state index contributed by atoms with van der Waals surface area (Å²) in [5.41, 5.74) is 6.73. The summed E-state index contributed by atoms with van der Waals surface area (Å²) in [6.45, 7) is 8.10. The fourth-order valence-electron chi connectivity index (χ4n) is 4.68. The van der Waals surface area contributed by atoms with Gasteiger partial charge < -0.3 is 25.2 Å². The molecule has 1 aromatic heterocycles. The first-order valence-electron chi connectivity index (χ1n) is 11.7. The molecule has 0 aliphatic carbocycles. The van der Waals surface area contributed by atoms with E-state index in [0.717, 1.165) is 0 Å². The first kappa shape index (κ1) is 25.9. The van der Waals surface area contributed by atoms with Crippen molar-refractivity contribution in [3.05, 3.63) is 23.9 Å². The number of amides is 2. The second-order valence-corrected chi connectivity index (χ2v) is 10.1. The zero-order valence-corrected chi connectivity index (χ0v) is 20.6. The number of rotatable bonds is 6. The summed E-state index contributed by atoms with van der Waals surface area (Å²) in [5.74, 6) is -1.96. The Balaban J connectivity index is 1.93. The third-order valence-corrected chi connectivity index (χ3v) is 6.67. The number of carbonyl (C=O) groups is 3. The number of nitrogens with two attached hydrogens (primary N) is 1. The number of ether oxygens (including phenoxy) is 2. The molecule has 3 heterocycles. The molecular formula is C24H36N4O6. The Morgan fingerprint density at radius 3 is 2.53 bits per heavy atom. The van der Waals surface area contributed by atoms with Gasteiger partial charge in [-0.25, -0.2) is 14.6 Å². The molecule has 4 atom stereocenters. The number of likely N-dealkylation sites (N-methyl/N-ethyl adjacent to an activating group) is 1. The topological polar surface area (TPSA) is 135 Å². The SMILES string of the molecule is CC(C(N)C(C(=O)N1c2ncccc2CC1C(=O)O)C1CCOCC1)N(C)C(=O)OC(C)(C)C. The van der Waals surface area contributed by atoms with Crippen molar-refractivity contribution in [2.24, 2.45) is 17.6 Å². The van der Waals surface area contributed by atoms with Crippen LogP contribution in [0.5, 0.6) is 0 Å². The van der Waals surface area contributed by atoms with Gasteiger partial charge >= 0.3 is 12.1 Å². The van der Waals surface area contributed by atoms with Gasteiger partial charge in [0.1, 0.15) is 17.5 Å². The Morgan fingerprint density at radius 2 is 1.94 bits per heavy atom. The molecule has 2 aliphatic rings. The van der Waals surface area contributed by atoms with E-state index in [2.05, 4.69) is 4.98 Å². The van der Waals surface area contributed by atoms with Crippen molar-refractivity contribution in [2.75, 3.05) is 25.2 Å². The van der Waals surface area contributed by atoms with Crippen LogP contribution in [-0.2, 0) is 25.5 Å². The van der Waals surface area contributed by atoms with Crippen LogP contribution in [-0.4, -0.2) is 76.9 Å². The van der Waals surface area contributed by atoms with Crippen molar-refractivity contribution in [3.8, 4) is 0 Å². The molecule has 10 heteroatoms. The van der Waals surface area contributed by atoms with Gasteiger partial charge in [0, 0.05) is 45.0 Å². The maximum atomic E-state index is 14.1. The minimum absolute atomic E-state index is 0.118. The van der Waals surface area contributed by atoms with Crippen LogP contribution >= 0.6 is 0 Å². The number of anilines is 1. The van der Waals surface area contributed by atoms with Gasteiger partial charge in [-0.15, -0.1) is 0 Å². The van der Waals surface area contributed by atoms with Crippen LogP contribution in [0.1, 0.15) is 46.1 Å². The zero-order valence-electron chi connectivity index (χ0n) is 20.6. The number of hydrogen-bond donors (Lipinski definition) is 2. The standard InChI is InChI=1S/C24H36N4O6/c1-14(27(5)23(32)34-24(2,3)4)19(25)18(15-8-11-33-12-9-15)21(29)28-17(22(30)31)13-16-7-6-10-26-20(16)28/h6-7,10,14-15,17-19H,8-9,11-13,25H2,1-5H3,(H,30,31). The average Bonchev–Trinajstić information content (AvgIpc) is 3.17. The molecule has 1 saturated heterocycles. The summed E-state index contributed by atoms with van der Waals surface area (Å²) in [7, 11) is 1.59. The van der Waals surface area contributed by atoms with Crippen LogP contribution < -0.4 is 10.6 Å². The maximum absolute atomic E-state index is 14.1. The van der Waals surface area contributed by atoms with Gasteiger partial charge in [0.05, 0.1) is 5.92 Å². The van der Waals surface area contributed by atoms with Gasteiger partial charge in [0.2, 0.25) is 5.91 Å². The summed E-state index contributed by atoms with van der Waals surface area (Å²) in [6.07, 6.45) is 2.44. The highest BCUT2D eigenvalue weighted by atomic mass is 16.6. The number of aliphatic carboxylic acids is 1. The number of carboxylic acids is 1. The van der Waals surface area contributed by atoms with E-state index in [1.165, 1.54) is 9.80 Å². The van der Waals surface area contributed by atoms with Crippen molar-refractivity contribution in [3.63, 3.8) is 0 Å². The number of aromatic nitrogens is 1. The lowest BCUT2D eigenvalue weighted by atomic mass is 9.78. The van der Waals surface area contributed by atoms with Crippen molar-refractivity contribution < 1.29 is 29.0 Å². The largest absolute Gasteiger partial charge is 0.480 e. The monoisotopic (exact) mass is 476 g/mol. The van der Waals surface area contributed by atoms with E-state index >= 15 is 0 Å². The second-order valence-electron chi connectivity index (χ2n) is 10.1. The van der Waals surface area contributed by atoms with Crippen molar-refractivity contribution in [1.82, 2.24) is 9.88 Å². The van der Waals surface area contributed by atoms with E-state index in [1.807, 2.05) is 0 Å². The van der Waals surface area contributed by atoms with Crippen molar-refractivity contribution in [2.45, 2.75) is 70.7 Å². The highest BCUT2D eigenvalue weighted by Gasteiger charge is 2.47. The van der Waals surface area contributed by atoms with Crippen molar-refractivity contribution in [1.29, 1.82) is 0 Å². The van der Waals surface area contributed by atoms with Crippen LogP contribution in [0.15, 0.2) is 18.3 Å². The van der Waals surface area contributed by atoms with Crippen LogP contribution in [0.4, 0.5) is 10.6 Å². The molecule has 0 aromatic carbocycles. The maximum Gasteiger partial charge on any atom is 0.410 e. The third-order valence-electron chi connectivity index (χ3n) is 6.67. The number of fused-ring (bicyclic) bond motifs is 1. The number of carboxylic acid groups (broad SMARTS) is 1. The molecule has 0 radical (unpaired) electrons. The summed E-state index contributed by atoms with van der Waals surface area (Å²) < 4.78 is 11.0. The fraction of sp³-hybridized carbons (Fsp3) is 0.667. The quantitative estimate of drug-likeness (QED) is 0.637. The molecule has 2 aliphatic heterocycles. The van der Waals surface area contributed by atoms with Crippen LogP contribution in [0.25, 0.3) is 0 Å². The van der Waals surface area contributed by atoms with Gasteiger partial charge in [-0.3, -0.25) is 9.69 Å². The van der Waals surface area contributed by atoms with Crippen LogP contribution in [0.2, 0.25) is 0 Å². The van der Waals surface area contributed by atoms with E-state index in [4.69, 9.17) is 15.2 Å². The van der Waals surface area contributed by atoms with E-state index in [1.54, 1.807) is 53.1 Å². The first-order chi connectivity index (χ1) is 15.9. The minimum Gasteiger partial charge on any atom is -0.480 e. The van der Waals surface area contributed by atoms with E-state index in [9.17, 15) is 19.5 Å². The van der Waals surface area contributed by atoms with Crippen molar-refractivity contribution >= 4 is 23.8 Å². The smallest absolute Gasteiger partial charge is 0.410 e. The lowest BCUT2D eigenvalue weighted by Crippen LogP contribution is -2.59. The molecule has 1 aromatic rings.